The molecule has 0 amide bonds. The van der Waals surface area contributed by atoms with Crippen molar-refractivity contribution in [1.29, 1.82) is 5.41 Å². The van der Waals surface area contributed by atoms with E-state index in [0.717, 1.165) is 25.1 Å². The molecule has 5 heteroatoms. The fraction of sp³-hybridized carbons (Fsp3) is 0.462. The second-order valence-electron chi connectivity index (χ2n) is 4.95. The lowest BCUT2D eigenvalue weighted by Gasteiger charge is -2.35. The summed E-state index contributed by atoms with van der Waals surface area (Å²) in [5.41, 5.74) is 6.99. The van der Waals surface area contributed by atoms with Crippen molar-refractivity contribution in [3.05, 3.63) is 28.8 Å². The quantitative estimate of drug-likeness (QED) is 0.576. The Hall–Kier alpha value is -1.26. The minimum Gasteiger partial charge on any atom is -0.393 e. The largest absolute Gasteiger partial charge is 0.393 e. The third-order valence-corrected chi connectivity index (χ3v) is 3.72. The summed E-state index contributed by atoms with van der Waals surface area (Å²) in [6.07, 6.45) is 1.61. The van der Waals surface area contributed by atoms with Crippen LogP contribution < -0.4 is 10.6 Å². The third kappa shape index (κ3) is 2.76. The Bertz CT molecular complexity index is 458. The Morgan fingerprint density at radius 1 is 1.56 bits per heavy atom. The van der Waals surface area contributed by atoms with Crippen molar-refractivity contribution >= 4 is 23.1 Å². The van der Waals surface area contributed by atoms with Crippen LogP contribution in [0.15, 0.2) is 18.2 Å². The van der Waals surface area contributed by atoms with Crippen LogP contribution in [0, 0.1) is 11.3 Å². The SMILES string of the molecule is CN(CC1CC(O)C1)c1ccc(C(=N)N)cc1Cl. The molecule has 18 heavy (non-hydrogen) atoms. The molecule has 1 aromatic rings. The molecular weight excluding hydrogens is 250 g/mol. The molecule has 1 aliphatic carbocycles. The number of benzene rings is 1. The molecule has 0 radical (unpaired) electrons. The highest BCUT2D eigenvalue weighted by atomic mass is 35.5. The number of halogens is 1. The van der Waals surface area contributed by atoms with Gasteiger partial charge in [-0.2, -0.15) is 0 Å². The average molecular weight is 268 g/mol. The molecule has 1 aromatic carbocycles. The molecule has 0 heterocycles. The molecule has 0 bridgehead atoms. The number of hydrogen-bond donors (Lipinski definition) is 3. The highest BCUT2D eigenvalue weighted by Gasteiger charge is 2.28. The number of aliphatic hydroxyl groups is 1. The zero-order valence-corrected chi connectivity index (χ0v) is 11.1. The minimum absolute atomic E-state index is 0.0215. The summed E-state index contributed by atoms with van der Waals surface area (Å²) >= 11 is 6.20. The molecule has 1 fully saturated rings. The highest BCUT2D eigenvalue weighted by molar-refractivity contribution is 6.33. The van der Waals surface area contributed by atoms with Crippen LogP contribution in [-0.4, -0.2) is 30.6 Å². The van der Waals surface area contributed by atoms with Gasteiger partial charge in [0.25, 0.3) is 0 Å². The van der Waals surface area contributed by atoms with Gasteiger partial charge >= 0.3 is 0 Å². The Morgan fingerprint density at radius 2 is 2.22 bits per heavy atom. The van der Waals surface area contributed by atoms with E-state index in [1.165, 1.54) is 0 Å². The Kier molecular flexibility index (Phi) is 3.78. The van der Waals surface area contributed by atoms with Crippen molar-refractivity contribution in [2.45, 2.75) is 18.9 Å². The lowest BCUT2D eigenvalue weighted by atomic mass is 9.82. The molecule has 1 saturated carbocycles. The lowest BCUT2D eigenvalue weighted by molar-refractivity contribution is 0.0465. The first-order valence-corrected chi connectivity index (χ1v) is 6.38. The number of nitrogens with one attached hydrogen (secondary N) is 1. The van der Waals surface area contributed by atoms with Crippen molar-refractivity contribution < 1.29 is 5.11 Å². The summed E-state index contributed by atoms with van der Waals surface area (Å²) in [5, 5.41) is 17.2. The average Bonchev–Trinajstić information content (AvgIpc) is 2.26. The molecule has 98 valence electrons. The smallest absolute Gasteiger partial charge is 0.122 e. The van der Waals surface area contributed by atoms with E-state index in [1.807, 2.05) is 13.1 Å². The molecule has 0 spiro atoms. The number of nitrogens with two attached hydrogens (primary N) is 1. The number of nitrogens with zero attached hydrogens (tertiary/aromatic N) is 1. The Labute approximate surface area is 112 Å². The number of aliphatic hydroxyl groups excluding tert-OH is 1. The van der Waals surface area contributed by atoms with Crippen LogP contribution in [0.4, 0.5) is 5.69 Å². The van der Waals surface area contributed by atoms with Crippen molar-refractivity contribution in [3.8, 4) is 0 Å². The van der Waals surface area contributed by atoms with Crippen LogP contribution >= 0.6 is 11.6 Å². The maximum atomic E-state index is 9.27. The molecular formula is C13H18ClN3O. The summed E-state index contributed by atoms with van der Waals surface area (Å²) in [6.45, 7) is 0.885. The van der Waals surface area contributed by atoms with E-state index in [2.05, 4.69) is 4.90 Å². The topological polar surface area (TPSA) is 73.3 Å². The third-order valence-electron chi connectivity index (χ3n) is 3.41. The van der Waals surface area contributed by atoms with Crippen molar-refractivity contribution in [2.24, 2.45) is 11.7 Å². The zero-order valence-electron chi connectivity index (χ0n) is 10.4. The van der Waals surface area contributed by atoms with Gasteiger partial charge in [0.05, 0.1) is 16.8 Å². The summed E-state index contributed by atoms with van der Waals surface area (Å²) in [5.74, 6) is 0.557. The second kappa shape index (κ2) is 5.16. The van der Waals surface area contributed by atoms with Gasteiger partial charge in [0.2, 0.25) is 0 Å². The van der Waals surface area contributed by atoms with Gasteiger partial charge in [-0.15, -0.1) is 0 Å². The van der Waals surface area contributed by atoms with Crippen LogP contribution in [0.5, 0.6) is 0 Å². The van der Waals surface area contributed by atoms with Crippen LogP contribution in [0.1, 0.15) is 18.4 Å². The number of amidine groups is 1. The van der Waals surface area contributed by atoms with Gasteiger partial charge < -0.3 is 15.7 Å². The number of rotatable bonds is 4. The first-order chi connectivity index (χ1) is 8.47. The van der Waals surface area contributed by atoms with Crippen LogP contribution in [0.2, 0.25) is 5.02 Å². The lowest BCUT2D eigenvalue weighted by Crippen LogP contribution is -2.37. The molecule has 0 saturated heterocycles. The molecule has 2 rings (SSSR count). The molecule has 0 unspecified atom stereocenters. The van der Waals surface area contributed by atoms with E-state index in [-0.39, 0.29) is 11.9 Å². The van der Waals surface area contributed by atoms with Gasteiger partial charge in [-0.3, -0.25) is 5.41 Å². The van der Waals surface area contributed by atoms with Crippen LogP contribution in [-0.2, 0) is 0 Å². The standard InChI is InChI=1S/C13H18ClN3O/c1-17(7-8-4-10(18)5-8)12-3-2-9(13(15)16)6-11(12)14/h2-3,6,8,10,18H,4-5,7H2,1H3,(H3,15,16). The molecule has 1 aliphatic rings. The fourth-order valence-corrected chi connectivity index (χ4v) is 2.64. The summed E-state index contributed by atoms with van der Waals surface area (Å²) in [4.78, 5) is 2.09. The minimum atomic E-state index is -0.126. The number of nitrogen functional groups attached to an aromatic ring is 1. The molecule has 4 nitrogen and oxygen atoms in total. The number of anilines is 1. The van der Waals surface area contributed by atoms with E-state index >= 15 is 0 Å². The van der Waals surface area contributed by atoms with Gasteiger partial charge in [-0.25, -0.2) is 0 Å². The molecule has 4 N–H and O–H groups in total. The fourth-order valence-electron chi connectivity index (χ4n) is 2.32. The van der Waals surface area contributed by atoms with E-state index in [1.54, 1.807) is 12.1 Å². The van der Waals surface area contributed by atoms with Crippen LogP contribution in [0.3, 0.4) is 0 Å². The summed E-state index contributed by atoms with van der Waals surface area (Å²) in [7, 11) is 1.99. The Morgan fingerprint density at radius 3 is 2.72 bits per heavy atom. The highest BCUT2D eigenvalue weighted by Crippen LogP contribution is 2.31. The van der Waals surface area contributed by atoms with E-state index in [4.69, 9.17) is 22.7 Å². The monoisotopic (exact) mass is 267 g/mol. The Balaban J connectivity index is 2.05. The van der Waals surface area contributed by atoms with Crippen molar-refractivity contribution in [1.82, 2.24) is 0 Å². The zero-order chi connectivity index (χ0) is 13.3. The van der Waals surface area contributed by atoms with Gasteiger partial charge in [-0.1, -0.05) is 11.6 Å². The maximum Gasteiger partial charge on any atom is 0.122 e. The number of hydrogen-bond acceptors (Lipinski definition) is 3. The van der Waals surface area contributed by atoms with Crippen LogP contribution in [0.25, 0.3) is 0 Å². The maximum absolute atomic E-state index is 9.27. The van der Waals surface area contributed by atoms with Gasteiger partial charge in [0.15, 0.2) is 0 Å². The summed E-state index contributed by atoms with van der Waals surface area (Å²) < 4.78 is 0. The molecule has 0 aromatic heterocycles. The van der Waals surface area contributed by atoms with E-state index < -0.39 is 0 Å². The predicted molar refractivity (Wildman–Crippen MR) is 74.5 cm³/mol. The normalized spacial score (nSPS) is 22.4. The molecule has 0 aliphatic heterocycles. The first-order valence-electron chi connectivity index (χ1n) is 6.00. The van der Waals surface area contributed by atoms with Crippen molar-refractivity contribution in [3.63, 3.8) is 0 Å². The van der Waals surface area contributed by atoms with E-state index in [0.29, 0.717) is 16.5 Å². The second-order valence-corrected chi connectivity index (χ2v) is 5.36. The van der Waals surface area contributed by atoms with E-state index in [9.17, 15) is 5.11 Å². The molecule has 0 atom stereocenters. The van der Waals surface area contributed by atoms with Gasteiger partial charge in [-0.05, 0) is 37.0 Å². The van der Waals surface area contributed by atoms with Crippen molar-refractivity contribution in [2.75, 3.05) is 18.5 Å². The van der Waals surface area contributed by atoms with Gasteiger partial charge in [0, 0.05) is 19.2 Å². The van der Waals surface area contributed by atoms with Gasteiger partial charge in [0.1, 0.15) is 5.84 Å². The first kappa shape index (κ1) is 13.2. The predicted octanol–water partition coefficient (Wildman–Crippen LogP) is 1.83. The summed E-state index contributed by atoms with van der Waals surface area (Å²) in [6, 6.07) is 5.40.